The van der Waals surface area contributed by atoms with Crippen molar-refractivity contribution in [1.29, 1.82) is 5.26 Å². The van der Waals surface area contributed by atoms with Crippen LogP contribution in [-0.2, 0) is 0 Å². The highest BCUT2D eigenvalue weighted by Crippen LogP contribution is 2.21. The molecule has 2 aromatic rings. The van der Waals surface area contributed by atoms with Crippen LogP contribution in [0.4, 0.5) is 10.5 Å². The summed E-state index contributed by atoms with van der Waals surface area (Å²) in [7, 11) is 3.95. The van der Waals surface area contributed by atoms with Gasteiger partial charge in [0, 0.05) is 12.2 Å². The zero-order valence-corrected chi connectivity index (χ0v) is 14.4. The van der Waals surface area contributed by atoms with Gasteiger partial charge >= 0.3 is 6.03 Å². The van der Waals surface area contributed by atoms with Crippen LogP contribution in [0, 0.1) is 11.3 Å². The van der Waals surface area contributed by atoms with E-state index >= 15 is 0 Å². The first-order valence-electron chi connectivity index (χ1n) is 6.94. The minimum atomic E-state index is -0.312. The molecule has 0 spiro atoms. The maximum atomic E-state index is 12.0. The van der Waals surface area contributed by atoms with E-state index in [1.807, 2.05) is 25.5 Å². The highest BCUT2D eigenvalue weighted by molar-refractivity contribution is 7.07. The van der Waals surface area contributed by atoms with Gasteiger partial charge in [0.25, 0.3) is 0 Å². The van der Waals surface area contributed by atoms with E-state index < -0.39 is 0 Å². The number of nitrogens with zero attached hydrogens (tertiary/aromatic N) is 2. The Balaban J connectivity index is 1.94. The Labute approximate surface area is 144 Å². The van der Waals surface area contributed by atoms with E-state index in [2.05, 4.69) is 27.0 Å². The molecule has 0 saturated carbocycles. The van der Waals surface area contributed by atoms with Crippen molar-refractivity contribution in [1.82, 2.24) is 10.2 Å². The summed E-state index contributed by atoms with van der Waals surface area (Å²) in [5, 5.41) is 18.8. The number of benzene rings is 1. The zero-order chi connectivity index (χ0) is 16.8. The van der Waals surface area contributed by atoms with E-state index in [9.17, 15) is 4.79 Å². The number of nitriles is 1. The van der Waals surface area contributed by atoms with Crippen LogP contribution in [0.2, 0.25) is 5.02 Å². The summed E-state index contributed by atoms with van der Waals surface area (Å²) >= 11 is 7.58. The Hall–Kier alpha value is -2.07. The van der Waals surface area contributed by atoms with Crippen LogP contribution >= 0.6 is 22.9 Å². The van der Waals surface area contributed by atoms with Crippen LogP contribution in [0.25, 0.3) is 0 Å². The molecule has 1 aromatic carbocycles. The number of hydrogen-bond acceptors (Lipinski definition) is 4. The Morgan fingerprint density at radius 3 is 2.78 bits per heavy atom. The number of carbonyl (C=O) groups is 1. The summed E-state index contributed by atoms with van der Waals surface area (Å²) < 4.78 is 0. The summed E-state index contributed by atoms with van der Waals surface area (Å²) in [4.78, 5) is 14.1. The highest BCUT2D eigenvalue weighted by Gasteiger charge is 2.15. The molecule has 0 saturated heterocycles. The third kappa shape index (κ3) is 4.70. The minimum absolute atomic E-state index is 0.108. The fourth-order valence-corrected chi connectivity index (χ4v) is 3.04. The highest BCUT2D eigenvalue weighted by atomic mass is 35.5. The average molecular weight is 349 g/mol. The fourth-order valence-electron chi connectivity index (χ4n) is 2.11. The fraction of sp³-hybridized carbons (Fsp3) is 0.250. The first-order chi connectivity index (χ1) is 11.0. The predicted octanol–water partition coefficient (Wildman–Crippen LogP) is 3.70. The van der Waals surface area contributed by atoms with Gasteiger partial charge in [-0.15, -0.1) is 0 Å². The van der Waals surface area contributed by atoms with Gasteiger partial charge in [-0.05, 0) is 54.7 Å². The number of rotatable bonds is 5. The second-order valence-corrected chi connectivity index (χ2v) is 6.36. The minimum Gasteiger partial charge on any atom is -0.336 e. The third-order valence-corrected chi connectivity index (χ3v) is 4.37. The van der Waals surface area contributed by atoms with Gasteiger partial charge in [0.1, 0.15) is 6.07 Å². The van der Waals surface area contributed by atoms with Crippen LogP contribution in [0.1, 0.15) is 17.2 Å². The molecular weight excluding hydrogens is 332 g/mol. The normalized spacial score (nSPS) is 11.8. The monoisotopic (exact) mass is 348 g/mol. The Kier molecular flexibility index (Phi) is 5.99. The molecule has 120 valence electrons. The molecule has 0 radical (unpaired) electrons. The quantitative estimate of drug-likeness (QED) is 0.865. The predicted molar refractivity (Wildman–Crippen MR) is 93.9 cm³/mol. The van der Waals surface area contributed by atoms with Crippen LogP contribution in [0.15, 0.2) is 35.0 Å². The van der Waals surface area contributed by atoms with Crippen LogP contribution < -0.4 is 10.6 Å². The molecule has 2 rings (SSSR count). The number of amides is 2. The zero-order valence-electron chi connectivity index (χ0n) is 12.8. The number of carbonyl (C=O) groups excluding carboxylic acids is 1. The van der Waals surface area contributed by atoms with Gasteiger partial charge < -0.3 is 15.5 Å². The van der Waals surface area contributed by atoms with Crippen molar-refractivity contribution < 1.29 is 4.79 Å². The Morgan fingerprint density at radius 2 is 2.22 bits per heavy atom. The molecule has 0 bridgehead atoms. The molecule has 2 amide bonds. The van der Waals surface area contributed by atoms with Crippen molar-refractivity contribution >= 4 is 34.7 Å². The number of anilines is 1. The summed E-state index contributed by atoms with van der Waals surface area (Å²) in [5.74, 6) is 0. The molecular formula is C16H17ClN4OS. The van der Waals surface area contributed by atoms with Crippen molar-refractivity contribution in [2.45, 2.75) is 6.04 Å². The van der Waals surface area contributed by atoms with Crippen molar-refractivity contribution in [2.75, 3.05) is 26.0 Å². The van der Waals surface area contributed by atoms with E-state index in [0.29, 0.717) is 22.8 Å². The molecule has 0 aliphatic heterocycles. The van der Waals surface area contributed by atoms with Gasteiger partial charge in [-0.2, -0.15) is 16.6 Å². The van der Waals surface area contributed by atoms with Gasteiger partial charge in [-0.1, -0.05) is 11.6 Å². The molecule has 7 heteroatoms. The van der Waals surface area contributed by atoms with Crippen LogP contribution in [-0.4, -0.2) is 31.6 Å². The second-order valence-electron chi connectivity index (χ2n) is 5.18. The number of hydrogen-bond donors (Lipinski definition) is 2. The molecule has 1 aromatic heterocycles. The van der Waals surface area contributed by atoms with Crippen LogP contribution in [0.3, 0.4) is 0 Å². The molecule has 1 heterocycles. The molecule has 2 N–H and O–H groups in total. The van der Waals surface area contributed by atoms with Crippen molar-refractivity contribution in [3.63, 3.8) is 0 Å². The van der Waals surface area contributed by atoms with E-state index in [4.69, 9.17) is 16.9 Å². The van der Waals surface area contributed by atoms with Crippen molar-refractivity contribution in [2.24, 2.45) is 0 Å². The molecule has 5 nitrogen and oxygen atoms in total. The summed E-state index contributed by atoms with van der Waals surface area (Å²) in [6, 6.07) is 8.60. The van der Waals surface area contributed by atoms with Gasteiger partial charge in [0.2, 0.25) is 0 Å². The maximum Gasteiger partial charge on any atom is 0.319 e. The molecule has 1 atom stereocenters. The lowest BCUT2D eigenvalue weighted by Gasteiger charge is -2.24. The summed E-state index contributed by atoms with van der Waals surface area (Å²) in [5.41, 5.74) is 2.09. The van der Waals surface area contributed by atoms with Gasteiger partial charge in [-0.25, -0.2) is 4.79 Å². The second kappa shape index (κ2) is 7.97. The Morgan fingerprint density at radius 1 is 1.43 bits per heavy atom. The Bertz CT molecular complexity index is 709. The molecule has 0 fully saturated rings. The number of thiophene rings is 1. The first kappa shape index (κ1) is 17.3. The lowest BCUT2D eigenvalue weighted by atomic mass is 10.1. The molecule has 0 aliphatic carbocycles. The molecule has 0 unspecified atom stereocenters. The topological polar surface area (TPSA) is 68.2 Å². The SMILES string of the molecule is CN(C)[C@@H](CNC(=O)Nc1ccc(C#N)c(Cl)c1)c1ccsc1. The number of halogens is 1. The first-order valence-corrected chi connectivity index (χ1v) is 8.26. The summed E-state index contributed by atoms with van der Waals surface area (Å²) in [6.45, 7) is 0.486. The molecule has 23 heavy (non-hydrogen) atoms. The average Bonchev–Trinajstić information content (AvgIpc) is 3.01. The van der Waals surface area contributed by atoms with Crippen molar-refractivity contribution in [3.05, 3.63) is 51.2 Å². The number of urea groups is 1. The van der Waals surface area contributed by atoms with E-state index in [-0.39, 0.29) is 12.1 Å². The van der Waals surface area contributed by atoms with Gasteiger partial charge in [-0.3, -0.25) is 0 Å². The van der Waals surface area contributed by atoms with E-state index in [0.717, 1.165) is 0 Å². The standard InChI is InChI=1S/C16H17ClN4OS/c1-21(2)15(12-5-6-23-10-12)9-19-16(22)20-13-4-3-11(8-18)14(17)7-13/h3-7,10,15H,9H2,1-2H3,(H2,19,20,22)/t15-/m0/s1. The van der Waals surface area contributed by atoms with Crippen LogP contribution in [0.5, 0.6) is 0 Å². The van der Waals surface area contributed by atoms with E-state index in [1.54, 1.807) is 29.5 Å². The van der Waals surface area contributed by atoms with E-state index in [1.165, 1.54) is 5.56 Å². The lowest BCUT2D eigenvalue weighted by Crippen LogP contribution is -2.36. The smallest absolute Gasteiger partial charge is 0.319 e. The summed E-state index contributed by atoms with van der Waals surface area (Å²) in [6.07, 6.45) is 0. The molecule has 0 aliphatic rings. The number of nitrogens with one attached hydrogen (secondary N) is 2. The van der Waals surface area contributed by atoms with Gasteiger partial charge in [0.05, 0.1) is 16.6 Å². The van der Waals surface area contributed by atoms with Gasteiger partial charge in [0.15, 0.2) is 0 Å². The maximum absolute atomic E-state index is 12.0. The lowest BCUT2D eigenvalue weighted by molar-refractivity contribution is 0.243. The largest absolute Gasteiger partial charge is 0.336 e. The third-order valence-electron chi connectivity index (χ3n) is 3.35. The number of likely N-dealkylation sites (N-methyl/N-ethyl adjacent to an activating group) is 1. The van der Waals surface area contributed by atoms with Crippen molar-refractivity contribution in [3.8, 4) is 6.07 Å².